The molecule has 0 unspecified atom stereocenters. The fourth-order valence-electron chi connectivity index (χ4n) is 1.81. The summed E-state index contributed by atoms with van der Waals surface area (Å²) < 4.78 is 31.0. The Kier molecular flexibility index (Phi) is 5.25. The zero-order valence-electron chi connectivity index (χ0n) is 12.0. The standard InChI is InChI=1S/C17H15F2NO2/c1-22-16-8-4-12(10-15(16)19)5-9-17(21)20-11-13-2-6-14(18)7-3-13/h2-10H,11H2,1H3,(H,20,21)/b9-5+. The SMILES string of the molecule is COc1ccc(/C=C/C(=O)NCc2ccc(F)cc2)cc1F. The molecular weight excluding hydrogens is 288 g/mol. The van der Waals surface area contributed by atoms with E-state index in [1.54, 1.807) is 18.2 Å². The molecule has 0 bridgehead atoms. The first-order chi connectivity index (χ1) is 10.6. The van der Waals surface area contributed by atoms with Gasteiger partial charge in [0.05, 0.1) is 7.11 Å². The molecule has 3 nitrogen and oxygen atoms in total. The van der Waals surface area contributed by atoms with Gasteiger partial charge in [0, 0.05) is 12.6 Å². The second-order valence-electron chi connectivity index (χ2n) is 4.57. The van der Waals surface area contributed by atoms with Crippen molar-refractivity contribution in [2.45, 2.75) is 6.54 Å². The van der Waals surface area contributed by atoms with Crippen LogP contribution in [-0.4, -0.2) is 13.0 Å². The van der Waals surface area contributed by atoms with E-state index in [1.807, 2.05) is 0 Å². The first-order valence-corrected chi connectivity index (χ1v) is 6.62. The molecule has 2 rings (SSSR count). The van der Waals surface area contributed by atoms with Crippen molar-refractivity contribution in [3.8, 4) is 5.75 Å². The van der Waals surface area contributed by atoms with Gasteiger partial charge in [-0.05, 0) is 41.5 Å². The minimum absolute atomic E-state index is 0.151. The number of rotatable bonds is 5. The van der Waals surface area contributed by atoms with Crippen LogP contribution < -0.4 is 10.1 Å². The third-order valence-electron chi connectivity index (χ3n) is 2.98. The van der Waals surface area contributed by atoms with E-state index in [4.69, 9.17) is 4.74 Å². The number of amides is 1. The van der Waals surface area contributed by atoms with Gasteiger partial charge in [-0.2, -0.15) is 0 Å². The molecule has 0 saturated carbocycles. The van der Waals surface area contributed by atoms with Crippen molar-refractivity contribution in [3.05, 3.63) is 71.3 Å². The Morgan fingerprint density at radius 3 is 2.55 bits per heavy atom. The summed E-state index contributed by atoms with van der Waals surface area (Å²) in [7, 11) is 1.39. The molecule has 0 aliphatic rings. The average Bonchev–Trinajstić information content (AvgIpc) is 2.52. The molecule has 0 saturated heterocycles. The van der Waals surface area contributed by atoms with Crippen LogP contribution in [0.1, 0.15) is 11.1 Å². The lowest BCUT2D eigenvalue weighted by Crippen LogP contribution is -2.20. The largest absolute Gasteiger partial charge is 0.494 e. The van der Waals surface area contributed by atoms with Crippen LogP contribution in [0.5, 0.6) is 5.75 Å². The number of hydrogen-bond donors (Lipinski definition) is 1. The van der Waals surface area contributed by atoms with Crippen molar-refractivity contribution in [2.75, 3.05) is 7.11 Å². The number of carbonyl (C=O) groups is 1. The van der Waals surface area contributed by atoms with Crippen LogP contribution in [0.25, 0.3) is 6.08 Å². The van der Waals surface area contributed by atoms with Gasteiger partial charge in [-0.1, -0.05) is 18.2 Å². The lowest BCUT2D eigenvalue weighted by molar-refractivity contribution is -0.116. The predicted molar refractivity (Wildman–Crippen MR) is 80.2 cm³/mol. The molecule has 0 atom stereocenters. The van der Waals surface area contributed by atoms with Gasteiger partial charge in [-0.3, -0.25) is 4.79 Å². The summed E-state index contributed by atoms with van der Waals surface area (Å²) in [4.78, 5) is 11.7. The molecule has 0 heterocycles. The topological polar surface area (TPSA) is 38.3 Å². The Balaban J connectivity index is 1.91. The van der Waals surface area contributed by atoms with E-state index < -0.39 is 5.82 Å². The summed E-state index contributed by atoms with van der Waals surface area (Å²) in [5.41, 5.74) is 1.34. The van der Waals surface area contributed by atoms with Crippen LogP contribution >= 0.6 is 0 Å². The molecule has 0 aliphatic heterocycles. The summed E-state index contributed by atoms with van der Waals surface area (Å²) in [6.07, 6.45) is 2.81. The first kappa shape index (κ1) is 15.7. The average molecular weight is 303 g/mol. The van der Waals surface area contributed by atoms with Crippen molar-refractivity contribution in [1.82, 2.24) is 5.32 Å². The van der Waals surface area contributed by atoms with Gasteiger partial charge in [-0.15, -0.1) is 0 Å². The van der Waals surface area contributed by atoms with Crippen LogP contribution in [0.4, 0.5) is 8.78 Å². The fraction of sp³-hybridized carbons (Fsp3) is 0.118. The molecule has 2 aromatic rings. The number of hydrogen-bond acceptors (Lipinski definition) is 2. The smallest absolute Gasteiger partial charge is 0.244 e. The van der Waals surface area contributed by atoms with Crippen LogP contribution in [0.2, 0.25) is 0 Å². The molecule has 5 heteroatoms. The van der Waals surface area contributed by atoms with E-state index >= 15 is 0 Å². The summed E-state index contributed by atoms with van der Waals surface area (Å²) in [6.45, 7) is 0.292. The predicted octanol–water partition coefficient (Wildman–Crippen LogP) is 3.30. The van der Waals surface area contributed by atoms with Crippen LogP contribution in [0.15, 0.2) is 48.5 Å². The Morgan fingerprint density at radius 2 is 1.91 bits per heavy atom. The highest BCUT2D eigenvalue weighted by Crippen LogP contribution is 2.18. The molecule has 22 heavy (non-hydrogen) atoms. The van der Waals surface area contributed by atoms with E-state index in [0.29, 0.717) is 12.1 Å². The van der Waals surface area contributed by atoms with E-state index in [0.717, 1.165) is 5.56 Å². The zero-order chi connectivity index (χ0) is 15.9. The number of benzene rings is 2. The lowest BCUT2D eigenvalue weighted by Gasteiger charge is -2.03. The summed E-state index contributed by atoms with van der Waals surface area (Å²) in [5, 5.41) is 2.66. The van der Waals surface area contributed by atoms with Gasteiger partial charge in [0.1, 0.15) is 5.82 Å². The van der Waals surface area contributed by atoms with Gasteiger partial charge < -0.3 is 10.1 Å². The Bertz CT molecular complexity index is 682. The lowest BCUT2D eigenvalue weighted by atomic mass is 10.2. The normalized spacial score (nSPS) is 10.7. The molecule has 114 valence electrons. The number of halogens is 2. The molecular formula is C17H15F2NO2. The van der Waals surface area contributed by atoms with Crippen molar-refractivity contribution < 1.29 is 18.3 Å². The zero-order valence-corrected chi connectivity index (χ0v) is 12.0. The Hall–Kier alpha value is -2.69. The molecule has 0 spiro atoms. The van der Waals surface area contributed by atoms with E-state index in [2.05, 4.69) is 5.32 Å². The van der Waals surface area contributed by atoms with Gasteiger partial charge in [0.15, 0.2) is 11.6 Å². The fourth-order valence-corrected chi connectivity index (χ4v) is 1.81. The second-order valence-corrected chi connectivity index (χ2v) is 4.57. The Morgan fingerprint density at radius 1 is 1.18 bits per heavy atom. The molecule has 0 aliphatic carbocycles. The molecule has 0 radical (unpaired) electrons. The number of ether oxygens (including phenoxy) is 1. The number of nitrogens with one attached hydrogen (secondary N) is 1. The summed E-state index contributed by atoms with van der Waals surface area (Å²) >= 11 is 0. The van der Waals surface area contributed by atoms with Crippen molar-refractivity contribution >= 4 is 12.0 Å². The van der Waals surface area contributed by atoms with Crippen molar-refractivity contribution in [3.63, 3.8) is 0 Å². The highest BCUT2D eigenvalue weighted by atomic mass is 19.1. The maximum absolute atomic E-state index is 13.5. The van der Waals surface area contributed by atoms with Gasteiger partial charge >= 0.3 is 0 Å². The summed E-state index contributed by atoms with van der Waals surface area (Å²) in [5.74, 6) is -0.980. The number of carbonyl (C=O) groups excluding carboxylic acids is 1. The van der Waals surface area contributed by atoms with Gasteiger partial charge in [0.25, 0.3) is 0 Å². The molecule has 0 fully saturated rings. The van der Waals surface area contributed by atoms with Gasteiger partial charge in [-0.25, -0.2) is 8.78 Å². The third-order valence-corrected chi connectivity index (χ3v) is 2.98. The molecule has 0 aromatic heterocycles. The summed E-state index contributed by atoms with van der Waals surface area (Å²) in [6, 6.07) is 10.3. The van der Waals surface area contributed by atoms with Crippen LogP contribution in [0.3, 0.4) is 0 Å². The van der Waals surface area contributed by atoms with E-state index in [9.17, 15) is 13.6 Å². The van der Waals surface area contributed by atoms with Crippen LogP contribution in [0, 0.1) is 11.6 Å². The highest BCUT2D eigenvalue weighted by Gasteiger charge is 2.02. The van der Waals surface area contributed by atoms with Gasteiger partial charge in [0.2, 0.25) is 5.91 Å². The second kappa shape index (κ2) is 7.36. The number of methoxy groups -OCH3 is 1. The Labute approximate surface area is 127 Å². The molecule has 2 aromatic carbocycles. The first-order valence-electron chi connectivity index (χ1n) is 6.62. The highest BCUT2D eigenvalue weighted by molar-refractivity contribution is 5.91. The van der Waals surface area contributed by atoms with Crippen molar-refractivity contribution in [2.24, 2.45) is 0 Å². The molecule has 1 amide bonds. The quantitative estimate of drug-likeness (QED) is 0.861. The monoisotopic (exact) mass is 303 g/mol. The van der Waals surface area contributed by atoms with E-state index in [-0.39, 0.29) is 17.5 Å². The maximum Gasteiger partial charge on any atom is 0.244 e. The third kappa shape index (κ3) is 4.41. The van der Waals surface area contributed by atoms with Crippen molar-refractivity contribution in [1.29, 1.82) is 0 Å². The minimum atomic E-state index is -0.489. The minimum Gasteiger partial charge on any atom is -0.494 e. The molecule has 1 N–H and O–H groups in total. The van der Waals surface area contributed by atoms with Crippen LogP contribution in [-0.2, 0) is 11.3 Å². The van der Waals surface area contributed by atoms with E-state index in [1.165, 1.54) is 43.5 Å². The maximum atomic E-state index is 13.5.